The van der Waals surface area contributed by atoms with Crippen LogP contribution in [0.25, 0.3) is 32.8 Å². The van der Waals surface area contributed by atoms with Crippen molar-refractivity contribution in [3.8, 4) is 11.1 Å². The van der Waals surface area contributed by atoms with Gasteiger partial charge in [0.15, 0.2) is 7.14 Å². The van der Waals surface area contributed by atoms with E-state index in [1.165, 1.54) is 0 Å². The van der Waals surface area contributed by atoms with Crippen LogP contribution in [-0.4, -0.2) is 4.98 Å². The summed E-state index contributed by atoms with van der Waals surface area (Å²) in [6, 6.07) is 42.5. The molecule has 0 aliphatic rings. The fraction of sp³-hybridized carbons (Fsp3) is 0. The molecule has 0 spiro atoms. The predicted octanol–water partition coefficient (Wildman–Crippen LogP) is 6.69. The number of rotatable bonds is 4. The number of aromatic nitrogens is 1. The van der Waals surface area contributed by atoms with Crippen LogP contribution in [0.15, 0.2) is 134 Å². The van der Waals surface area contributed by atoms with Crippen molar-refractivity contribution in [2.45, 2.75) is 0 Å². The van der Waals surface area contributed by atoms with E-state index in [9.17, 15) is 4.57 Å². The molecule has 0 saturated carbocycles. The van der Waals surface area contributed by atoms with E-state index in [0.717, 1.165) is 48.7 Å². The zero-order valence-electron chi connectivity index (χ0n) is 18.5. The van der Waals surface area contributed by atoms with Gasteiger partial charge in [0.05, 0.1) is 5.52 Å². The van der Waals surface area contributed by atoms with Crippen LogP contribution in [0.3, 0.4) is 0 Å². The molecular formula is C31H22NOP. The first-order valence-electron chi connectivity index (χ1n) is 11.3. The first-order chi connectivity index (χ1) is 16.7. The Kier molecular flexibility index (Phi) is 5.09. The summed E-state index contributed by atoms with van der Waals surface area (Å²) in [7, 11) is -2.99. The van der Waals surface area contributed by atoms with Crippen molar-refractivity contribution in [3.63, 3.8) is 0 Å². The third kappa shape index (κ3) is 3.36. The van der Waals surface area contributed by atoms with Gasteiger partial charge in [0.1, 0.15) is 0 Å². The van der Waals surface area contributed by atoms with Gasteiger partial charge in [0.2, 0.25) is 0 Å². The molecule has 2 nitrogen and oxygen atoms in total. The van der Waals surface area contributed by atoms with Crippen molar-refractivity contribution in [2.24, 2.45) is 0 Å². The molecule has 5 aromatic carbocycles. The molecule has 0 saturated heterocycles. The van der Waals surface area contributed by atoms with E-state index >= 15 is 0 Å². The molecule has 6 aromatic rings. The molecule has 34 heavy (non-hydrogen) atoms. The standard InChI is InChI=1S/C31H22NOP/c33-34(25-11-3-1-4-12-25,26-13-5-2-6-14-26)27-19-17-23(18-20-27)30-22-24-10-7-8-15-28(24)31-29(30)16-9-21-32-31/h1-22H. The number of hydrogen-bond acceptors (Lipinski definition) is 2. The Bertz CT molecular complexity index is 1620. The van der Waals surface area contributed by atoms with Gasteiger partial charge in [-0.25, -0.2) is 0 Å². The second-order valence-electron chi connectivity index (χ2n) is 8.37. The molecule has 0 unspecified atom stereocenters. The quantitative estimate of drug-likeness (QED) is 0.219. The van der Waals surface area contributed by atoms with Gasteiger partial charge < -0.3 is 4.57 Å². The summed E-state index contributed by atoms with van der Waals surface area (Å²) in [5, 5.41) is 5.94. The maximum absolute atomic E-state index is 14.6. The number of pyridine rings is 1. The number of hydrogen-bond donors (Lipinski definition) is 0. The van der Waals surface area contributed by atoms with Crippen LogP contribution in [0.4, 0.5) is 0 Å². The largest absolute Gasteiger partial charge is 0.309 e. The van der Waals surface area contributed by atoms with Gasteiger partial charge in [-0.05, 0) is 28.6 Å². The lowest BCUT2D eigenvalue weighted by molar-refractivity contribution is 0.592. The molecule has 0 atom stereocenters. The van der Waals surface area contributed by atoms with Crippen molar-refractivity contribution in [2.75, 3.05) is 0 Å². The maximum Gasteiger partial charge on any atom is 0.171 e. The van der Waals surface area contributed by atoms with Gasteiger partial charge in [-0.2, -0.15) is 0 Å². The van der Waals surface area contributed by atoms with Crippen LogP contribution in [0.5, 0.6) is 0 Å². The van der Waals surface area contributed by atoms with Crippen LogP contribution in [0.1, 0.15) is 0 Å². The Hall–Kier alpha value is -4.00. The van der Waals surface area contributed by atoms with Crippen molar-refractivity contribution in [1.82, 2.24) is 4.98 Å². The monoisotopic (exact) mass is 455 g/mol. The fourth-order valence-corrected chi connectivity index (χ4v) is 7.37. The summed E-state index contributed by atoms with van der Waals surface area (Å²) in [4.78, 5) is 4.69. The lowest BCUT2D eigenvalue weighted by Gasteiger charge is -2.20. The third-order valence-corrected chi connectivity index (χ3v) is 9.47. The summed E-state index contributed by atoms with van der Waals surface area (Å²) in [5.41, 5.74) is 3.21. The molecule has 1 aromatic heterocycles. The van der Waals surface area contributed by atoms with Crippen molar-refractivity contribution in [3.05, 3.63) is 134 Å². The third-order valence-electron chi connectivity index (χ3n) is 6.40. The van der Waals surface area contributed by atoms with Crippen LogP contribution in [0, 0.1) is 0 Å². The van der Waals surface area contributed by atoms with E-state index in [-0.39, 0.29) is 0 Å². The highest BCUT2D eigenvalue weighted by atomic mass is 31.2. The molecule has 0 N–H and O–H groups in total. The molecule has 1 heterocycles. The Morgan fingerprint density at radius 2 is 1.09 bits per heavy atom. The highest BCUT2D eigenvalue weighted by molar-refractivity contribution is 7.85. The summed E-state index contributed by atoms with van der Waals surface area (Å²) >= 11 is 0. The highest BCUT2D eigenvalue weighted by Crippen LogP contribution is 2.43. The molecule has 0 bridgehead atoms. The first-order valence-corrected chi connectivity index (χ1v) is 13.0. The van der Waals surface area contributed by atoms with Crippen LogP contribution < -0.4 is 15.9 Å². The molecule has 6 rings (SSSR count). The first kappa shape index (κ1) is 20.6. The Labute approximate surface area is 198 Å². The lowest BCUT2D eigenvalue weighted by Crippen LogP contribution is -2.24. The second-order valence-corrected chi connectivity index (χ2v) is 11.1. The van der Waals surface area contributed by atoms with Gasteiger partial charge in [-0.3, -0.25) is 4.98 Å². The molecule has 0 fully saturated rings. The predicted molar refractivity (Wildman–Crippen MR) is 144 cm³/mol. The Morgan fingerprint density at radius 1 is 0.529 bits per heavy atom. The minimum Gasteiger partial charge on any atom is -0.309 e. The van der Waals surface area contributed by atoms with E-state index in [0.29, 0.717) is 0 Å². The van der Waals surface area contributed by atoms with E-state index in [1.807, 2.05) is 85.1 Å². The molecular weight excluding hydrogens is 433 g/mol. The molecule has 0 radical (unpaired) electrons. The number of nitrogens with zero attached hydrogens (tertiary/aromatic N) is 1. The molecule has 0 aliphatic carbocycles. The number of benzene rings is 5. The normalized spacial score (nSPS) is 11.6. The average molecular weight is 455 g/mol. The average Bonchev–Trinajstić information content (AvgIpc) is 2.93. The topological polar surface area (TPSA) is 30.0 Å². The Balaban J connectivity index is 1.53. The fourth-order valence-electron chi connectivity index (χ4n) is 4.72. The Morgan fingerprint density at radius 3 is 1.76 bits per heavy atom. The minimum absolute atomic E-state index is 0.830. The summed E-state index contributed by atoms with van der Waals surface area (Å²) in [5.74, 6) is 0. The number of fused-ring (bicyclic) bond motifs is 3. The van der Waals surface area contributed by atoms with Crippen molar-refractivity contribution < 1.29 is 4.57 Å². The molecule has 0 amide bonds. The van der Waals surface area contributed by atoms with E-state index in [1.54, 1.807) is 0 Å². The van der Waals surface area contributed by atoms with E-state index in [2.05, 4.69) is 53.5 Å². The lowest BCUT2D eigenvalue weighted by atomic mass is 9.96. The summed E-state index contributed by atoms with van der Waals surface area (Å²) < 4.78 is 14.6. The van der Waals surface area contributed by atoms with Gasteiger partial charge in [-0.15, -0.1) is 0 Å². The van der Waals surface area contributed by atoms with Crippen LogP contribution >= 0.6 is 7.14 Å². The van der Waals surface area contributed by atoms with Gasteiger partial charge in [-0.1, -0.05) is 115 Å². The summed E-state index contributed by atoms with van der Waals surface area (Å²) in [6.07, 6.45) is 1.84. The smallest absolute Gasteiger partial charge is 0.171 e. The van der Waals surface area contributed by atoms with Crippen molar-refractivity contribution in [1.29, 1.82) is 0 Å². The van der Waals surface area contributed by atoms with Crippen LogP contribution in [-0.2, 0) is 4.57 Å². The molecule has 0 aliphatic heterocycles. The SMILES string of the molecule is O=P(c1ccccc1)(c1ccccc1)c1ccc(-c2cc3ccccc3c3ncccc23)cc1. The van der Waals surface area contributed by atoms with E-state index < -0.39 is 7.14 Å². The molecule has 3 heteroatoms. The summed E-state index contributed by atoms with van der Waals surface area (Å²) in [6.45, 7) is 0. The van der Waals surface area contributed by atoms with Gasteiger partial charge >= 0.3 is 0 Å². The second kappa shape index (κ2) is 8.41. The maximum atomic E-state index is 14.6. The van der Waals surface area contributed by atoms with Crippen molar-refractivity contribution >= 4 is 44.7 Å². The minimum atomic E-state index is -2.99. The van der Waals surface area contributed by atoms with E-state index in [4.69, 9.17) is 0 Å². The van der Waals surface area contributed by atoms with Gasteiger partial charge in [0.25, 0.3) is 0 Å². The zero-order valence-corrected chi connectivity index (χ0v) is 19.4. The zero-order chi connectivity index (χ0) is 23.0. The molecule has 162 valence electrons. The van der Waals surface area contributed by atoms with Gasteiger partial charge in [0, 0.05) is 32.9 Å². The highest BCUT2D eigenvalue weighted by Gasteiger charge is 2.29. The van der Waals surface area contributed by atoms with Crippen LogP contribution in [0.2, 0.25) is 0 Å².